The maximum atomic E-state index is 10.3. The van der Waals surface area contributed by atoms with Gasteiger partial charge in [-0.25, -0.2) is 4.79 Å². The van der Waals surface area contributed by atoms with Crippen molar-refractivity contribution >= 4 is 23.1 Å². The van der Waals surface area contributed by atoms with Crippen LogP contribution in [0.25, 0.3) is 0 Å². The fourth-order valence-electron chi connectivity index (χ4n) is 0.197. The van der Waals surface area contributed by atoms with E-state index in [4.69, 9.17) is 5.73 Å². The first-order valence-electron chi connectivity index (χ1n) is 2.03. The standard InChI is InChI=1S/C4H7NO2S/c1-7-4(6)3(8)2-5/h2,5H2,1H3. The first-order chi connectivity index (χ1) is 3.72. The minimum Gasteiger partial charge on any atom is -0.465 e. The van der Waals surface area contributed by atoms with E-state index in [2.05, 4.69) is 17.0 Å². The van der Waals surface area contributed by atoms with Crippen molar-refractivity contribution in [1.82, 2.24) is 0 Å². The van der Waals surface area contributed by atoms with Gasteiger partial charge in [-0.3, -0.25) is 0 Å². The molecule has 0 aliphatic heterocycles. The average Bonchev–Trinajstić information content (AvgIpc) is 1.84. The maximum Gasteiger partial charge on any atom is 0.346 e. The van der Waals surface area contributed by atoms with Gasteiger partial charge in [0.05, 0.1) is 7.11 Å². The second-order valence-electron chi connectivity index (χ2n) is 1.12. The molecule has 0 saturated carbocycles. The van der Waals surface area contributed by atoms with Crippen LogP contribution < -0.4 is 5.73 Å². The number of methoxy groups -OCH3 is 1. The predicted molar refractivity (Wildman–Crippen MR) is 33.7 cm³/mol. The number of nitrogens with two attached hydrogens (primary N) is 1. The lowest BCUT2D eigenvalue weighted by atomic mass is 10.4. The first kappa shape index (κ1) is 7.52. The lowest BCUT2D eigenvalue weighted by Gasteiger charge is -1.94. The quantitative estimate of drug-likeness (QED) is 0.407. The summed E-state index contributed by atoms with van der Waals surface area (Å²) in [6, 6.07) is 0. The van der Waals surface area contributed by atoms with Crippen LogP contribution in [0.4, 0.5) is 0 Å². The minimum absolute atomic E-state index is 0.0853. The van der Waals surface area contributed by atoms with E-state index in [0.717, 1.165) is 0 Å². The van der Waals surface area contributed by atoms with Crippen molar-refractivity contribution in [2.75, 3.05) is 13.7 Å². The monoisotopic (exact) mass is 133 g/mol. The van der Waals surface area contributed by atoms with Crippen LogP contribution in [0.1, 0.15) is 0 Å². The van der Waals surface area contributed by atoms with Gasteiger partial charge >= 0.3 is 5.97 Å². The molecule has 0 radical (unpaired) electrons. The van der Waals surface area contributed by atoms with Crippen molar-refractivity contribution in [2.24, 2.45) is 5.73 Å². The molecule has 0 aromatic carbocycles. The normalized spacial score (nSPS) is 8.25. The molecule has 2 N–H and O–H groups in total. The van der Waals surface area contributed by atoms with Gasteiger partial charge < -0.3 is 10.5 Å². The van der Waals surface area contributed by atoms with E-state index in [1.165, 1.54) is 7.11 Å². The molecule has 3 nitrogen and oxygen atoms in total. The summed E-state index contributed by atoms with van der Waals surface area (Å²) in [4.78, 5) is 10.4. The summed E-state index contributed by atoms with van der Waals surface area (Å²) in [6.07, 6.45) is 0. The highest BCUT2D eigenvalue weighted by molar-refractivity contribution is 7.82. The van der Waals surface area contributed by atoms with Gasteiger partial charge in [0.25, 0.3) is 0 Å². The van der Waals surface area contributed by atoms with Crippen molar-refractivity contribution in [3.05, 3.63) is 0 Å². The SMILES string of the molecule is COC(=O)C(=S)CN. The number of ether oxygens (including phenoxy) is 1. The van der Waals surface area contributed by atoms with Crippen LogP contribution in [-0.4, -0.2) is 24.5 Å². The highest BCUT2D eigenvalue weighted by atomic mass is 32.1. The number of carbonyl (C=O) groups excluding carboxylic acids is 1. The van der Waals surface area contributed by atoms with Crippen LogP contribution in [0.5, 0.6) is 0 Å². The molecule has 8 heavy (non-hydrogen) atoms. The molecule has 0 saturated heterocycles. The maximum absolute atomic E-state index is 10.3. The van der Waals surface area contributed by atoms with E-state index in [-0.39, 0.29) is 11.4 Å². The third-order valence-electron chi connectivity index (χ3n) is 0.598. The van der Waals surface area contributed by atoms with Crippen molar-refractivity contribution in [3.63, 3.8) is 0 Å². The molecule has 4 heteroatoms. The second-order valence-corrected chi connectivity index (χ2v) is 1.61. The van der Waals surface area contributed by atoms with Gasteiger partial charge in [-0.1, -0.05) is 12.2 Å². The Bertz CT molecular complexity index is 98.6. The summed E-state index contributed by atoms with van der Waals surface area (Å²) >= 11 is 4.48. The van der Waals surface area contributed by atoms with Crippen molar-refractivity contribution in [1.29, 1.82) is 0 Å². The van der Waals surface area contributed by atoms with Crippen LogP contribution >= 0.6 is 12.2 Å². The molecule has 0 amide bonds. The van der Waals surface area contributed by atoms with Gasteiger partial charge in [-0.2, -0.15) is 0 Å². The topological polar surface area (TPSA) is 52.3 Å². The molecule has 0 heterocycles. The molecule has 46 valence electrons. The molecule has 0 spiro atoms. The zero-order chi connectivity index (χ0) is 6.57. The van der Waals surface area contributed by atoms with E-state index in [1.54, 1.807) is 0 Å². The molecule has 0 bridgehead atoms. The molecule has 0 aromatic heterocycles. The number of hydrogen-bond donors (Lipinski definition) is 1. The van der Waals surface area contributed by atoms with Gasteiger partial charge in [-0.15, -0.1) is 0 Å². The molecule has 0 unspecified atom stereocenters. The highest BCUT2D eigenvalue weighted by Crippen LogP contribution is 1.77. The molecule has 0 aliphatic rings. The average molecular weight is 133 g/mol. The summed E-state index contributed by atoms with van der Waals surface area (Å²) in [7, 11) is 1.27. The van der Waals surface area contributed by atoms with Crippen LogP contribution in [0.2, 0.25) is 0 Å². The van der Waals surface area contributed by atoms with E-state index in [9.17, 15) is 4.79 Å². The summed E-state index contributed by atoms with van der Waals surface area (Å²) in [5, 5.41) is 0. The van der Waals surface area contributed by atoms with Crippen molar-refractivity contribution in [3.8, 4) is 0 Å². The molecule has 0 aliphatic carbocycles. The van der Waals surface area contributed by atoms with Crippen molar-refractivity contribution < 1.29 is 9.53 Å². The molecule has 0 aromatic rings. The Kier molecular flexibility index (Phi) is 3.30. The summed E-state index contributed by atoms with van der Waals surface area (Å²) in [6.45, 7) is 0.0853. The van der Waals surface area contributed by atoms with Crippen LogP contribution in [0.15, 0.2) is 0 Å². The van der Waals surface area contributed by atoms with Gasteiger partial charge in [0, 0.05) is 6.54 Å². The zero-order valence-electron chi connectivity index (χ0n) is 4.51. The van der Waals surface area contributed by atoms with Crippen LogP contribution in [-0.2, 0) is 9.53 Å². The smallest absolute Gasteiger partial charge is 0.346 e. The molecule has 0 atom stereocenters. The molecular weight excluding hydrogens is 126 g/mol. The number of rotatable bonds is 2. The lowest BCUT2D eigenvalue weighted by Crippen LogP contribution is -2.22. The fourth-order valence-corrected chi connectivity index (χ4v) is 0.281. The second kappa shape index (κ2) is 3.51. The molecule has 0 rings (SSSR count). The number of hydrogen-bond acceptors (Lipinski definition) is 4. The molecular formula is C4H7NO2S. The van der Waals surface area contributed by atoms with E-state index < -0.39 is 5.97 Å². The van der Waals surface area contributed by atoms with Crippen molar-refractivity contribution in [2.45, 2.75) is 0 Å². The Hall–Kier alpha value is -0.480. The fraction of sp³-hybridized carbons (Fsp3) is 0.500. The Balaban J connectivity index is 3.64. The third kappa shape index (κ3) is 1.99. The van der Waals surface area contributed by atoms with Gasteiger partial charge in [-0.05, 0) is 0 Å². The lowest BCUT2D eigenvalue weighted by molar-refractivity contribution is -0.132. The van der Waals surface area contributed by atoms with Gasteiger partial charge in [0.1, 0.15) is 4.86 Å². The van der Waals surface area contributed by atoms with Gasteiger partial charge in [0.15, 0.2) is 0 Å². The predicted octanol–water partition coefficient (Wildman–Crippen LogP) is -0.512. The summed E-state index contributed by atoms with van der Waals surface area (Å²) < 4.78 is 4.24. The Morgan fingerprint density at radius 1 is 1.88 bits per heavy atom. The van der Waals surface area contributed by atoms with E-state index >= 15 is 0 Å². The van der Waals surface area contributed by atoms with E-state index in [0.29, 0.717) is 0 Å². The van der Waals surface area contributed by atoms with Crippen LogP contribution in [0, 0.1) is 0 Å². The molecule has 0 fully saturated rings. The number of thiocarbonyl (C=S) groups is 1. The Labute approximate surface area is 52.8 Å². The van der Waals surface area contributed by atoms with E-state index in [1.807, 2.05) is 0 Å². The van der Waals surface area contributed by atoms with Gasteiger partial charge in [0.2, 0.25) is 0 Å². The number of esters is 1. The minimum atomic E-state index is -0.512. The Morgan fingerprint density at radius 3 is 2.50 bits per heavy atom. The highest BCUT2D eigenvalue weighted by Gasteiger charge is 2.03. The summed E-state index contributed by atoms with van der Waals surface area (Å²) in [5.41, 5.74) is 5.01. The zero-order valence-corrected chi connectivity index (χ0v) is 5.33. The van der Waals surface area contributed by atoms with Crippen LogP contribution in [0.3, 0.4) is 0 Å². The Morgan fingerprint density at radius 2 is 2.38 bits per heavy atom. The largest absolute Gasteiger partial charge is 0.465 e. The third-order valence-corrected chi connectivity index (χ3v) is 0.932. The first-order valence-corrected chi connectivity index (χ1v) is 2.44. The number of carbonyl (C=O) groups is 1. The summed E-state index contributed by atoms with van der Waals surface area (Å²) in [5.74, 6) is -0.512.